The van der Waals surface area contributed by atoms with Crippen LogP contribution in [0.5, 0.6) is 0 Å². The molecule has 7 nitrogen and oxygen atoms in total. The van der Waals surface area contributed by atoms with E-state index in [0.29, 0.717) is 11.4 Å². The molecule has 0 fully saturated rings. The Morgan fingerprint density at radius 3 is 2.44 bits per heavy atom. The molecule has 8 heteroatoms. The molecule has 0 atom stereocenters. The van der Waals surface area contributed by atoms with Crippen molar-refractivity contribution in [3.8, 4) is 6.07 Å². The van der Waals surface area contributed by atoms with Gasteiger partial charge in [-0.3, -0.25) is 19.0 Å². The first-order chi connectivity index (χ1) is 12.8. The van der Waals surface area contributed by atoms with Crippen LogP contribution >= 0.6 is 11.3 Å². The van der Waals surface area contributed by atoms with Crippen molar-refractivity contribution < 1.29 is 14.3 Å². The average Bonchev–Trinajstić information content (AvgIpc) is 2.91. The Morgan fingerprint density at radius 1 is 1.22 bits per heavy atom. The van der Waals surface area contributed by atoms with E-state index in [9.17, 15) is 14.4 Å². The minimum absolute atomic E-state index is 0.163. The van der Waals surface area contributed by atoms with E-state index in [2.05, 4.69) is 0 Å². The molecule has 0 radical (unpaired) electrons. The lowest BCUT2D eigenvalue weighted by atomic mass is 10.1. The van der Waals surface area contributed by atoms with E-state index in [-0.39, 0.29) is 24.4 Å². The lowest BCUT2D eigenvalue weighted by Crippen LogP contribution is -2.36. The number of nitriles is 1. The molecule has 0 aliphatic rings. The van der Waals surface area contributed by atoms with Gasteiger partial charge in [0.1, 0.15) is 6.54 Å². The number of nitrogens with zero attached hydrogens (tertiary/aromatic N) is 3. The molecule has 0 spiro atoms. The fourth-order valence-electron chi connectivity index (χ4n) is 2.66. The Hall–Kier alpha value is -2.92. The molecule has 1 aromatic carbocycles. The first-order valence-electron chi connectivity index (χ1n) is 8.38. The zero-order valence-corrected chi connectivity index (χ0v) is 16.3. The first kappa shape index (κ1) is 20.4. The third kappa shape index (κ3) is 5.53. The molecular formula is C19H21N3O4S. The normalized spacial score (nSPS) is 10.3. The van der Waals surface area contributed by atoms with Crippen molar-refractivity contribution in [1.82, 2.24) is 4.57 Å². The number of aromatic nitrogens is 1. The van der Waals surface area contributed by atoms with Gasteiger partial charge in [-0.2, -0.15) is 5.26 Å². The average molecular weight is 387 g/mol. The van der Waals surface area contributed by atoms with Crippen LogP contribution in [0.1, 0.15) is 23.2 Å². The summed E-state index contributed by atoms with van der Waals surface area (Å²) in [6, 6.07) is 7.70. The van der Waals surface area contributed by atoms with Crippen LogP contribution in [0.2, 0.25) is 0 Å². The van der Waals surface area contributed by atoms with Gasteiger partial charge >= 0.3 is 10.8 Å². The van der Waals surface area contributed by atoms with Gasteiger partial charge in [0.2, 0.25) is 0 Å². The molecule has 1 amide bonds. The van der Waals surface area contributed by atoms with E-state index in [1.54, 1.807) is 12.3 Å². The van der Waals surface area contributed by atoms with E-state index in [0.717, 1.165) is 22.5 Å². The standard InChI is InChI=1S/C19H21N3O4S/c1-13-7-14(2)9-16(8-13)21(6-4-5-20)17(23)11-26-18(24)10-22-15(3)12-27-19(22)25/h7-9,12H,4,6,10-11H2,1-3H3. The maximum absolute atomic E-state index is 12.6. The van der Waals surface area contributed by atoms with Gasteiger partial charge in [-0.15, -0.1) is 0 Å². The van der Waals surface area contributed by atoms with E-state index >= 15 is 0 Å². The molecule has 0 aliphatic carbocycles. The summed E-state index contributed by atoms with van der Waals surface area (Å²) in [7, 11) is 0. The SMILES string of the molecule is Cc1cc(C)cc(N(CCC#N)C(=O)COC(=O)Cn2c(C)csc2=O)c1. The second-order valence-corrected chi connectivity index (χ2v) is 7.01. The highest BCUT2D eigenvalue weighted by atomic mass is 32.1. The number of carbonyl (C=O) groups excluding carboxylic acids is 2. The van der Waals surface area contributed by atoms with Crippen LogP contribution in [0.3, 0.4) is 0 Å². The first-order valence-corrected chi connectivity index (χ1v) is 9.26. The molecule has 1 aromatic heterocycles. The highest BCUT2D eigenvalue weighted by Crippen LogP contribution is 2.19. The number of anilines is 1. The highest BCUT2D eigenvalue weighted by Gasteiger charge is 2.19. The van der Waals surface area contributed by atoms with Crippen molar-refractivity contribution in [1.29, 1.82) is 5.26 Å². The molecular weight excluding hydrogens is 366 g/mol. The molecule has 2 aromatic rings. The van der Waals surface area contributed by atoms with E-state index in [4.69, 9.17) is 10.00 Å². The van der Waals surface area contributed by atoms with Crippen molar-refractivity contribution in [3.63, 3.8) is 0 Å². The Kier molecular flexibility index (Phi) is 6.91. The fourth-order valence-corrected chi connectivity index (χ4v) is 3.39. The van der Waals surface area contributed by atoms with Crippen molar-refractivity contribution in [2.75, 3.05) is 18.1 Å². The van der Waals surface area contributed by atoms with E-state index in [1.165, 1.54) is 9.47 Å². The summed E-state index contributed by atoms with van der Waals surface area (Å²) < 4.78 is 6.36. The van der Waals surface area contributed by atoms with E-state index < -0.39 is 18.5 Å². The van der Waals surface area contributed by atoms with Gasteiger partial charge in [-0.05, 0) is 44.0 Å². The molecule has 142 valence electrons. The van der Waals surface area contributed by atoms with Gasteiger partial charge in [-0.25, -0.2) is 0 Å². The molecule has 0 unspecified atom stereocenters. The van der Waals surface area contributed by atoms with Gasteiger partial charge in [0.15, 0.2) is 6.61 Å². The van der Waals surface area contributed by atoms with Crippen molar-refractivity contribution >= 4 is 28.9 Å². The summed E-state index contributed by atoms with van der Waals surface area (Å²) in [5, 5.41) is 10.5. The summed E-state index contributed by atoms with van der Waals surface area (Å²) in [6.07, 6.45) is 0.163. The predicted molar refractivity (Wildman–Crippen MR) is 103 cm³/mol. The van der Waals surface area contributed by atoms with Gasteiger partial charge in [0.25, 0.3) is 5.91 Å². The maximum Gasteiger partial charge on any atom is 0.326 e. The van der Waals surface area contributed by atoms with Crippen molar-refractivity contribution in [2.45, 2.75) is 33.7 Å². The number of carbonyl (C=O) groups is 2. The molecule has 1 heterocycles. The summed E-state index contributed by atoms with van der Waals surface area (Å²) >= 11 is 1.01. The molecule has 0 N–H and O–H groups in total. The summed E-state index contributed by atoms with van der Waals surface area (Å²) in [4.78, 5) is 37.4. The second-order valence-electron chi connectivity index (χ2n) is 6.19. The van der Waals surface area contributed by atoms with Crippen LogP contribution in [0.4, 0.5) is 5.69 Å². The number of amides is 1. The number of hydrogen-bond acceptors (Lipinski definition) is 6. The minimum atomic E-state index is -0.660. The van der Waals surface area contributed by atoms with Gasteiger partial charge in [-0.1, -0.05) is 17.4 Å². The Balaban J connectivity index is 2.06. The van der Waals surface area contributed by atoms with Crippen LogP contribution in [0, 0.1) is 32.1 Å². The van der Waals surface area contributed by atoms with Crippen LogP contribution in [0.15, 0.2) is 28.4 Å². The van der Waals surface area contributed by atoms with Gasteiger partial charge < -0.3 is 9.64 Å². The highest BCUT2D eigenvalue weighted by molar-refractivity contribution is 7.07. The van der Waals surface area contributed by atoms with Crippen LogP contribution in [-0.4, -0.2) is 29.6 Å². The molecule has 0 saturated carbocycles. The molecule has 27 heavy (non-hydrogen) atoms. The number of hydrogen-bond donors (Lipinski definition) is 0. The molecule has 2 rings (SSSR count). The second kappa shape index (κ2) is 9.14. The third-order valence-corrected chi connectivity index (χ3v) is 4.77. The lowest BCUT2D eigenvalue weighted by Gasteiger charge is -2.22. The van der Waals surface area contributed by atoms with E-state index in [1.807, 2.05) is 38.1 Å². The van der Waals surface area contributed by atoms with Crippen molar-refractivity contribution in [3.05, 3.63) is 50.1 Å². The molecule has 0 saturated heterocycles. The summed E-state index contributed by atoms with van der Waals surface area (Å²) in [5.74, 6) is -1.08. The quantitative estimate of drug-likeness (QED) is 0.680. The smallest absolute Gasteiger partial charge is 0.326 e. The predicted octanol–water partition coefficient (Wildman–Crippen LogP) is 2.33. The summed E-state index contributed by atoms with van der Waals surface area (Å²) in [6.45, 7) is 5.09. The van der Waals surface area contributed by atoms with Crippen molar-refractivity contribution in [2.24, 2.45) is 0 Å². The third-order valence-electron chi connectivity index (χ3n) is 3.89. The van der Waals surface area contributed by atoms with Gasteiger partial charge in [0.05, 0.1) is 12.5 Å². The number of esters is 1. The largest absolute Gasteiger partial charge is 0.454 e. The molecule has 0 aliphatic heterocycles. The number of ether oxygens (including phenoxy) is 1. The summed E-state index contributed by atoms with van der Waals surface area (Å²) in [5.41, 5.74) is 3.31. The zero-order valence-electron chi connectivity index (χ0n) is 15.5. The lowest BCUT2D eigenvalue weighted by molar-refractivity contribution is -0.148. The minimum Gasteiger partial charge on any atom is -0.454 e. The number of thiazole rings is 1. The Labute approximate surface area is 161 Å². The zero-order chi connectivity index (χ0) is 20.0. The molecule has 0 bridgehead atoms. The van der Waals surface area contributed by atoms with Crippen LogP contribution in [-0.2, 0) is 20.9 Å². The van der Waals surface area contributed by atoms with Gasteiger partial charge in [0, 0.05) is 23.3 Å². The number of aryl methyl sites for hydroxylation is 3. The number of rotatable bonds is 7. The monoisotopic (exact) mass is 387 g/mol. The number of benzene rings is 1. The maximum atomic E-state index is 12.6. The van der Waals surface area contributed by atoms with Crippen LogP contribution in [0.25, 0.3) is 0 Å². The van der Waals surface area contributed by atoms with Crippen LogP contribution < -0.4 is 9.77 Å². The topological polar surface area (TPSA) is 92.4 Å². The fraction of sp³-hybridized carbons (Fsp3) is 0.368. The Morgan fingerprint density at radius 2 is 1.89 bits per heavy atom. The Bertz CT molecular complexity index is 919.